The monoisotopic (exact) mass is 248 g/mol. The lowest BCUT2D eigenvalue weighted by Gasteiger charge is -2.27. The Bertz CT molecular complexity index is 445. The molecule has 4 heteroatoms. The summed E-state index contributed by atoms with van der Waals surface area (Å²) < 4.78 is 5.81. The highest BCUT2D eigenvalue weighted by molar-refractivity contribution is 6.00. The topological polar surface area (TPSA) is 50.4 Å². The van der Waals surface area contributed by atoms with Crippen molar-refractivity contribution in [1.82, 2.24) is 5.32 Å². The van der Waals surface area contributed by atoms with Crippen LogP contribution in [-0.4, -0.2) is 31.5 Å². The van der Waals surface area contributed by atoms with Crippen molar-refractivity contribution in [3.05, 3.63) is 23.8 Å². The van der Waals surface area contributed by atoms with Gasteiger partial charge in [-0.3, -0.25) is 4.79 Å². The van der Waals surface area contributed by atoms with E-state index in [1.807, 2.05) is 25.1 Å². The van der Waals surface area contributed by atoms with Crippen LogP contribution in [0.3, 0.4) is 0 Å². The van der Waals surface area contributed by atoms with Crippen LogP contribution in [0.15, 0.2) is 18.2 Å². The SMILES string of the molecule is CCC1CNc2cc(C(=O)C(C)NC)ccc2O1. The molecule has 2 N–H and O–H groups in total. The van der Waals surface area contributed by atoms with E-state index in [2.05, 4.69) is 17.6 Å². The van der Waals surface area contributed by atoms with Crippen molar-refractivity contribution < 1.29 is 9.53 Å². The number of benzene rings is 1. The van der Waals surface area contributed by atoms with Crippen molar-refractivity contribution in [2.45, 2.75) is 32.4 Å². The number of fused-ring (bicyclic) bond motifs is 1. The second kappa shape index (κ2) is 5.40. The first kappa shape index (κ1) is 12.9. The van der Waals surface area contributed by atoms with Gasteiger partial charge in [-0.15, -0.1) is 0 Å². The summed E-state index contributed by atoms with van der Waals surface area (Å²) in [6.45, 7) is 4.76. The fraction of sp³-hybridized carbons (Fsp3) is 0.500. The minimum absolute atomic E-state index is 0.0970. The van der Waals surface area contributed by atoms with Crippen LogP contribution in [0, 0.1) is 0 Å². The minimum atomic E-state index is -0.170. The highest BCUT2D eigenvalue weighted by Gasteiger charge is 2.20. The van der Waals surface area contributed by atoms with Crippen LogP contribution < -0.4 is 15.4 Å². The molecule has 2 unspecified atom stereocenters. The van der Waals surface area contributed by atoms with Gasteiger partial charge in [0.05, 0.1) is 18.3 Å². The normalized spacial score (nSPS) is 19.4. The molecule has 0 bridgehead atoms. The zero-order valence-electron chi connectivity index (χ0n) is 11.1. The molecule has 0 spiro atoms. The molecular formula is C14H20N2O2. The molecule has 18 heavy (non-hydrogen) atoms. The molecule has 1 aliphatic rings. The lowest BCUT2D eigenvalue weighted by Crippen LogP contribution is -2.32. The van der Waals surface area contributed by atoms with Crippen molar-refractivity contribution in [2.75, 3.05) is 18.9 Å². The number of hydrogen-bond acceptors (Lipinski definition) is 4. The Morgan fingerprint density at radius 2 is 2.39 bits per heavy atom. The van der Waals surface area contributed by atoms with Gasteiger partial charge >= 0.3 is 0 Å². The van der Waals surface area contributed by atoms with E-state index >= 15 is 0 Å². The highest BCUT2D eigenvalue weighted by atomic mass is 16.5. The molecule has 0 aliphatic carbocycles. The molecule has 4 nitrogen and oxygen atoms in total. The third-order valence-corrected chi connectivity index (χ3v) is 3.36. The quantitative estimate of drug-likeness (QED) is 0.801. The van der Waals surface area contributed by atoms with Crippen LogP contribution in [0.5, 0.6) is 5.75 Å². The summed E-state index contributed by atoms with van der Waals surface area (Å²) >= 11 is 0. The van der Waals surface area contributed by atoms with Gasteiger partial charge in [0, 0.05) is 5.56 Å². The first-order chi connectivity index (χ1) is 8.65. The largest absolute Gasteiger partial charge is 0.486 e. The summed E-state index contributed by atoms with van der Waals surface area (Å²) in [6, 6.07) is 5.40. The van der Waals surface area contributed by atoms with Crippen LogP contribution in [0.2, 0.25) is 0 Å². The number of hydrogen-bond donors (Lipinski definition) is 2. The molecule has 98 valence electrons. The molecule has 2 atom stereocenters. The van der Waals surface area contributed by atoms with Gasteiger partial charge in [0.2, 0.25) is 0 Å². The average Bonchev–Trinajstić information content (AvgIpc) is 2.44. The second-order valence-corrected chi connectivity index (χ2v) is 4.61. The van der Waals surface area contributed by atoms with Gasteiger partial charge < -0.3 is 15.4 Å². The number of nitrogens with one attached hydrogen (secondary N) is 2. The molecular weight excluding hydrogens is 228 g/mol. The Kier molecular flexibility index (Phi) is 3.87. The Hall–Kier alpha value is -1.55. The molecule has 2 rings (SSSR count). The summed E-state index contributed by atoms with van der Waals surface area (Å²) in [5.41, 5.74) is 1.62. The fourth-order valence-electron chi connectivity index (χ4n) is 1.98. The molecule has 1 aromatic rings. The predicted octanol–water partition coefficient (Wildman–Crippen LogP) is 2.06. The molecule has 0 saturated carbocycles. The summed E-state index contributed by atoms with van der Waals surface area (Å²) in [5.74, 6) is 0.932. The fourth-order valence-corrected chi connectivity index (χ4v) is 1.98. The molecule has 1 aliphatic heterocycles. The predicted molar refractivity (Wildman–Crippen MR) is 72.5 cm³/mol. The van der Waals surface area contributed by atoms with Crippen molar-refractivity contribution in [2.24, 2.45) is 0 Å². The number of Topliss-reactive ketones (excluding diaryl/α,β-unsaturated/α-hetero) is 1. The molecule has 0 fully saturated rings. The van der Waals surface area contributed by atoms with Gasteiger partial charge in [-0.05, 0) is 38.6 Å². The van der Waals surface area contributed by atoms with Gasteiger partial charge in [-0.25, -0.2) is 0 Å². The van der Waals surface area contributed by atoms with Crippen molar-refractivity contribution in [3.8, 4) is 5.75 Å². The first-order valence-electron chi connectivity index (χ1n) is 6.41. The molecule has 0 radical (unpaired) electrons. The zero-order valence-corrected chi connectivity index (χ0v) is 11.1. The van der Waals surface area contributed by atoms with E-state index in [4.69, 9.17) is 4.74 Å². The molecule has 0 aromatic heterocycles. The van der Waals surface area contributed by atoms with E-state index < -0.39 is 0 Å². The van der Waals surface area contributed by atoms with E-state index in [9.17, 15) is 4.79 Å². The lowest BCUT2D eigenvalue weighted by atomic mass is 10.0. The second-order valence-electron chi connectivity index (χ2n) is 4.61. The van der Waals surface area contributed by atoms with Crippen molar-refractivity contribution >= 4 is 11.5 Å². The van der Waals surface area contributed by atoms with Crippen LogP contribution in [0.1, 0.15) is 30.6 Å². The van der Waals surface area contributed by atoms with E-state index in [0.717, 1.165) is 24.4 Å². The third kappa shape index (κ3) is 2.48. The Morgan fingerprint density at radius 1 is 1.61 bits per heavy atom. The highest BCUT2D eigenvalue weighted by Crippen LogP contribution is 2.30. The Labute approximate surface area is 108 Å². The summed E-state index contributed by atoms with van der Waals surface area (Å²) in [5, 5.41) is 6.28. The van der Waals surface area contributed by atoms with Gasteiger partial charge in [-0.2, -0.15) is 0 Å². The van der Waals surface area contributed by atoms with Gasteiger partial charge in [0.1, 0.15) is 11.9 Å². The van der Waals surface area contributed by atoms with Gasteiger partial charge in [-0.1, -0.05) is 6.92 Å². The number of likely N-dealkylation sites (N-methyl/N-ethyl adjacent to an activating group) is 1. The van der Waals surface area contributed by atoms with Crippen molar-refractivity contribution in [1.29, 1.82) is 0 Å². The molecule has 0 saturated heterocycles. The van der Waals surface area contributed by atoms with E-state index in [0.29, 0.717) is 5.56 Å². The number of carbonyl (C=O) groups is 1. The smallest absolute Gasteiger partial charge is 0.179 e. The zero-order chi connectivity index (χ0) is 13.1. The third-order valence-electron chi connectivity index (χ3n) is 3.36. The number of anilines is 1. The molecule has 0 amide bonds. The average molecular weight is 248 g/mol. The van der Waals surface area contributed by atoms with Crippen molar-refractivity contribution in [3.63, 3.8) is 0 Å². The van der Waals surface area contributed by atoms with Crippen LogP contribution >= 0.6 is 0 Å². The first-order valence-corrected chi connectivity index (χ1v) is 6.41. The molecule has 1 heterocycles. The standard InChI is InChI=1S/C14H20N2O2/c1-4-11-8-16-12-7-10(5-6-13(12)18-11)14(17)9(2)15-3/h5-7,9,11,15-16H,4,8H2,1-3H3. The van der Waals surface area contributed by atoms with Crippen LogP contribution in [0.4, 0.5) is 5.69 Å². The number of ketones is 1. The lowest BCUT2D eigenvalue weighted by molar-refractivity contribution is 0.0955. The van der Waals surface area contributed by atoms with Gasteiger partial charge in [0.15, 0.2) is 5.78 Å². The summed E-state index contributed by atoms with van der Waals surface area (Å²) in [6.07, 6.45) is 1.19. The van der Waals surface area contributed by atoms with E-state index in [1.54, 1.807) is 7.05 Å². The van der Waals surface area contributed by atoms with Gasteiger partial charge in [0.25, 0.3) is 0 Å². The Balaban J connectivity index is 2.21. The maximum absolute atomic E-state index is 12.1. The number of ether oxygens (including phenoxy) is 1. The minimum Gasteiger partial charge on any atom is -0.486 e. The van der Waals surface area contributed by atoms with E-state index in [1.165, 1.54) is 0 Å². The maximum atomic E-state index is 12.1. The van der Waals surface area contributed by atoms with Crippen LogP contribution in [-0.2, 0) is 0 Å². The number of carbonyl (C=O) groups excluding carboxylic acids is 1. The molecule has 1 aromatic carbocycles. The van der Waals surface area contributed by atoms with Crippen LogP contribution in [0.25, 0.3) is 0 Å². The number of rotatable bonds is 4. The van der Waals surface area contributed by atoms with E-state index in [-0.39, 0.29) is 17.9 Å². The summed E-state index contributed by atoms with van der Waals surface area (Å²) in [4.78, 5) is 12.1. The maximum Gasteiger partial charge on any atom is 0.179 e. The Morgan fingerprint density at radius 3 is 3.06 bits per heavy atom. The summed E-state index contributed by atoms with van der Waals surface area (Å²) in [7, 11) is 1.79.